The van der Waals surface area contributed by atoms with Crippen LogP contribution in [0.2, 0.25) is 0 Å². The van der Waals surface area contributed by atoms with E-state index in [0.29, 0.717) is 19.7 Å². The molecule has 0 amide bonds. The van der Waals surface area contributed by atoms with E-state index in [2.05, 4.69) is 0 Å². The summed E-state index contributed by atoms with van der Waals surface area (Å²) in [5, 5.41) is 0. The fourth-order valence-electron chi connectivity index (χ4n) is 2.94. The molecule has 1 heterocycles. The van der Waals surface area contributed by atoms with E-state index >= 15 is 0 Å². The summed E-state index contributed by atoms with van der Waals surface area (Å²) >= 11 is 0. The minimum Gasteiger partial charge on any atom is -0.378 e. The number of rotatable bonds is 5. The van der Waals surface area contributed by atoms with Crippen molar-refractivity contribution in [3.63, 3.8) is 0 Å². The molecule has 6 heteroatoms. The van der Waals surface area contributed by atoms with Crippen molar-refractivity contribution in [2.24, 2.45) is 0 Å². The third-order valence-electron chi connectivity index (χ3n) is 4.40. The third kappa shape index (κ3) is 4.39. The molecule has 25 heavy (non-hydrogen) atoms. The van der Waals surface area contributed by atoms with Crippen LogP contribution in [0.3, 0.4) is 0 Å². The zero-order chi connectivity index (χ0) is 17.9. The molecule has 5 nitrogen and oxygen atoms in total. The van der Waals surface area contributed by atoms with Gasteiger partial charge in [0.25, 0.3) is 0 Å². The second-order valence-electron chi connectivity index (χ2n) is 6.45. The minimum atomic E-state index is -3.35. The monoisotopic (exact) mass is 360 g/mol. The van der Waals surface area contributed by atoms with Crippen LogP contribution in [-0.2, 0) is 20.5 Å². The van der Waals surface area contributed by atoms with Gasteiger partial charge in [0.1, 0.15) is 0 Å². The zero-order valence-corrected chi connectivity index (χ0v) is 15.4. The molecule has 1 unspecified atom stereocenters. The maximum absolute atomic E-state index is 12.7. The van der Waals surface area contributed by atoms with Gasteiger partial charge in [-0.2, -0.15) is 4.31 Å². The van der Waals surface area contributed by atoms with Crippen molar-refractivity contribution in [1.29, 1.82) is 0 Å². The zero-order valence-electron chi connectivity index (χ0n) is 14.6. The van der Waals surface area contributed by atoms with Crippen LogP contribution in [0.4, 0.5) is 5.69 Å². The molecule has 0 radical (unpaired) electrons. The molecule has 1 aliphatic heterocycles. The summed E-state index contributed by atoms with van der Waals surface area (Å²) in [6.45, 7) is 1.17. The molecule has 0 saturated carbocycles. The highest BCUT2D eigenvalue weighted by Gasteiger charge is 2.30. The van der Waals surface area contributed by atoms with Gasteiger partial charge in [0.05, 0.1) is 18.5 Å². The van der Waals surface area contributed by atoms with Gasteiger partial charge in [0, 0.05) is 32.9 Å². The predicted molar refractivity (Wildman–Crippen MR) is 100 cm³/mol. The summed E-state index contributed by atoms with van der Waals surface area (Å²) in [6.07, 6.45) is -0.226. The molecule has 1 fully saturated rings. The van der Waals surface area contributed by atoms with Gasteiger partial charge >= 0.3 is 0 Å². The normalized spacial score (nSPS) is 18.9. The van der Waals surface area contributed by atoms with Crippen molar-refractivity contribution in [1.82, 2.24) is 4.31 Å². The number of ether oxygens (including phenoxy) is 1. The lowest BCUT2D eigenvalue weighted by atomic mass is 10.1. The van der Waals surface area contributed by atoms with Gasteiger partial charge in [0.15, 0.2) is 0 Å². The van der Waals surface area contributed by atoms with E-state index in [4.69, 9.17) is 4.74 Å². The van der Waals surface area contributed by atoms with E-state index in [0.717, 1.165) is 16.8 Å². The van der Waals surface area contributed by atoms with Crippen molar-refractivity contribution in [2.45, 2.75) is 11.9 Å². The molecule has 2 aromatic carbocycles. The summed E-state index contributed by atoms with van der Waals surface area (Å²) in [5.41, 5.74) is 2.92. The SMILES string of the molecule is CN(C)c1ccc(C2CN(S(=O)(=O)Cc3ccccc3)CCO2)cc1. The molecule has 0 aliphatic carbocycles. The Kier molecular flexibility index (Phi) is 5.42. The van der Waals surface area contributed by atoms with Crippen LogP contribution in [-0.4, -0.2) is 46.5 Å². The van der Waals surface area contributed by atoms with Gasteiger partial charge in [-0.1, -0.05) is 42.5 Å². The topological polar surface area (TPSA) is 49.9 Å². The van der Waals surface area contributed by atoms with Crippen LogP contribution in [0.1, 0.15) is 17.2 Å². The fourth-order valence-corrected chi connectivity index (χ4v) is 4.45. The Morgan fingerprint density at radius 1 is 1.08 bits per heavy atom. The van der Waals surface area contributed by atoms with Crippen molar-refractivity contribution in [3.8, 4) is 0 Å². The summed E-state index contributed by atoms with van der Waals surface area (Å²) in [6, 6.07) is 17.4. The Hall–Kier alpha value is -1.89. The molecule has 3 rings (SSSR count). The van der Waals surface area contributed by atoms with E-state index in [1.165, 1.54) is 0 Å². The summed E-state index contributed by atoms with van der Waals surface area (Å²) < 4.78 is 32.8. The number of anilines is 1. The van der Waals surface area contributed by atoms with Crippen LogP contribution in [0.5, 0.6) is 0 Å². The summed E-state index contributed by atoms with van der Waals surface area (Å²) in [4.78, 5) is 2.03. The predicted octanol–water partition coefficient (Wildman–Crippen LogP) is 2.66. The van der Waals surface area contributed by atoms with Gasteiger partial charge in [-0.15, -0.1) is 0 Å². The quantitative estimate of drug-likeness (QED) is 0.823. The highest BCUT2D eigenvalue weighted by Crippen LogP contribution is 2.26. The standard InChI is InChI=1S/C19H24N2O3S/c1-20(2)18-10-8-17(9-11-18)19-14-21(12-13-24-19)25(22,23)15-16-6-4-3-5-7-16/h3-11,19H,12-15H2,1-2H3. The molecule has 1 atom stereocenters. The van der Waals surface area contributed by atoms with Crippen LogP contribution < -0.4 is 4.90 Å². The number of sulfonamides is 1. The van der Waals surface area contributed by atoms with E-state index < -0.39 is 10.0 Å². The first-order valence-corrected chi connectivity index (χ1v) is 9.97. The Bertz CT molecular complexity index is 789. The Morgan fingerprint density at radius 2 is 1.76 bits per heavy atom. The second kappa shape index (κ2) is 7.56. The fraction of sp³-hybridized carbons (Fsp3) is 0.368. The third-order valence-corrected chi connectivity index (χ3v) is 6.21. The van der Waals surface area contributed by atoms with Crippen molar-refractivity contribution < 1.29 is 13.2 Å². The number of nitrogens with zero attached hydrogens (tertiary/aromatic N) is 2. The van der Waals surface area contributed by atoms with Crippen LogP contribution in [0, 0.1) is 0 Å². The Labute approximate surface area is 149 Å². The summed E-state index contributed by atoms with van der Waals surface area (Å²) in [5.74, 6) is 0.0279. The highest BCUT2D eigenvalue weighted by atomic mass is 32.2. The molecule has 0 bridgehead atoms. The first-order valence-electron chi connectivity index (χ1n) is 8.36. The lowest BCUT2D eigenvalue weighted by molar-refractivity contribution is -0.00259. The number of hydrogen-bond donors (Lipinski definition) is 0. The van der Waals surface area contributed by atoms with Gasteiger partial charge in [-0.25, -0.2) is 8.42 Å². The molecular formula is C19H24N2O3S. The number of hydrogen-bond acceptors (Lipinski definition) is 4. The number of morpholine rings is 1. The first-order chi connectivity index (χ1) is 12.0. The smallest absolute Gasteiger partial charge is 0.218 e. The molecule has 1 aliphatic rings. The maximum atomic E-state index is 12.7. The van der Waals surface area contributed by atoms with Crippen LogP contribution in [0.15, 0.2) is 54.6 Å². The van der Waals surface area contributed by atoms with E-state index in [1.54, 1.807) is 4.31 Å². The van der Waals surface area contributed by atoms with E-state index in [-0.39, 0.29) is 11.9 Å². The second-order valence-corrected chi connectivity index (χ2v) is 8.41. The average molecular weight is 360 g/mol. The first kappa shape index (κ1) is 17.9. The highest BCUT2D eigenvalue weighted by molar-refractivity contribution is 7.88. The van der Waals surface area contributed by atoms with Crippen LogP contribution >= 0.6 is 0 Å². The molecule has 1 saturated heterocycles. The van der Waals surface area contributed by atoms with Crippen LogP contribution in [0.25, 0.3) is 0 Å². The molecule has 0 spiro atoms. The maximum Gasteiger partial charge on any atom is 0.218 e. The Morgan fingerprint density at radius 3 is 2.40 bits per heavy atom. The molecule has 2 aromatic rings. The lowest BCUT2D eigenvalue weighted by Gasteiger charge is -2.32. The molecular weight excluding hydrogens is 336 g/mol. The Balaban J connectivity index is 1.72. The molecule has 0 N–H and O–H groups in total. The van der Waals surface area contributed by atoms with Crippen molar-refractivity contribution in [3.05, 3.63) is 65.7 Å². The van der Waals surface area contributed by atoms with Crippen molar-refractivity contribution >= 4 is 15.7 Å². The van der Waals surface area contributed by atoms with Gasteiger partial charge < -0.3 is 9.64 Å². The largest absolute Gasteiger partial charge is 0.378 e. The lowest BCUT2D eigenvalue weighted by Crippen LogP contribution is -2.42. The minimum absolute atomic E-state index is 0.0279. The molecule has 0 aromatic heterocycles. The van der Waals surface area contributed by atoms with Gasteiger partial charge in [0.2, 0.25) is 10.0 Å². The average Bonchev–Trinajstić information content (AvgIpc) is 2.62. The van der Waals surface area contributed by atoms with E-state index in [9.17, 15) is 8.42 Å². The number of benzene rings is 2. The van der Waals surface area contributed by atoms with Crippen molar-refractivity contribution in [2.75, 3.05) is 38.7 Å². The van der Waals surface area contributed by atoms with Gasteiger partial charge in [-0.3, -0.25) is 0 Å². The summed E-state index contributed by atoms with van der Waals surface area (Å²) in [7, 11) is 0.626. The van der Waals surface area contributed by atoms with Gasteiger partial charge in [-0.05, 0) is 23.3 Å². The molecule has 134 valence electrons. The van der Waals surface area contributed by atoms with E-state index in [1.807, 2.05) is 73.6 Å².